The van der Waals surface area contributed by atoms with E-state index in [9.17, 15) is 17.6 Å². The van der Waals surface area contributed by atoms with Crippen molar-refractivity contribution in [3.8, 4) is 0 Å². The van der Waals surface area contributed by atoms with E-state index in [0.717, 1.165) is 56.5 Å². The first kappa shape index (κ1) is 27.2. The van der Waals surface area contributed by atoms with Gasteiger partial charge in [0.2, 0.25) is 5.95 Å². The average Bonchev–Trinajstić information content (AvgIpc) is 2.67. The summed E-state index contributed by atoms with van der Waals surface area (Å²) in [6.07, 6.45) is -0.220. The van der Waals surface area contributed by atoms with Crippen LogP contribution in [0.15, 0.2) is 24.3 Å². The van der Waals surface area contributed by atoms with E-state index in [1.54, 1.807) is 0 Å². The summed E-state index contributed by atoms with van der Waals surface area (Å²) in [5, 5.41) is 2.80. The van der Waals surface area contributed by atoms with Crippen LogP contribution in [0.4, 0.5) is 35.0 Å². The van der Waals surface area contributed by atoms with Crippen molar-refractivity contribution in [3.63, 3.8) is 0 Å². The molecule has 0 spiro atoms. The van der Waals surface area contributed by atoms with Crippen LogP contribution in [-0.2, 0) is 12.6 Å². The third-order valence-electron chi connectivity index (χ3n) is 4.86. The quantitative estimate of drug-likeness (QED) is 0.531. The Morgan fingerprint density at radius 2 is 1.94 bits per heavy atom. The topological polar surface area (TPSA) is 67.1 Å². The van der Waals surface area contributed by atoms with E-state index in [-0.39, 0.29) is 42.5 Å². The van der Waals surface area contributed by atoms with Gasteiger partial charge in [-0.3, -0.25) is 0 Å². The molecule has 1 aliphatic rings. The zero-order valence-corrected chi connectivity index (χ0v) is 18.7. The van der Waals surface area contributed by atoms with Gasteiger partial charge >= 0.3 is 6.18 Å². The summed E-state index contributed by atoms with van der Waals surface area (Å²) in [6, 6.07) is 4.72. The van der Waals surface area contributed by atoms with E-state index in [1.165, 1.54) is 6.07 Å². The zero-order chi connectivity index (χ0) is 21.0. The maximum atomic E-state index is 13.6. The Balaban J connectivity index is 0.00000240. The van der Waals surface area contributed by atoms with Gasteiger partial charge in [-0.15, -0.1) is 24.8 Å². The molecule has 31 heavy (non-hydrogen) atoms. The molecule has 2 heterocycles. The second-order valence-corrected chi connectivity index (χ2v) is 7.31. The molecule has 11 heteroatoms. The Hall–Kier alpha value is -1.84. The lowest BCUT2D eigenvalue weighted by Crippen LogP contribution is -2.43. The molecule has 0 bridgehead atoms. The van der Waals surface area contributed by atoms with E-state index in [0.29, 0.717) is 12.4 Å². The number of benzene rings is 1. The fraction of sp³-hybridized carbons (Fsp3) is 0.500. The molecule has 0 saturated carbocycles. The SMILES string of the molecule is CCCCc1cc(N2CCCC(N)C2)nc(Nc2ccc(F)c(C(F)(F)F)c2)n1.Cl.Cl. The first-order valence-electron chi connectivity index (χ1n) is 9.78. The number of nitrogens with zero attached hydrogens (tertiary/aromatic N) is 3. The number of nitrogens with two attached hydrogens (primary N) is 1. The number of nitrogens with one attached hydrogen (secondary N) is 1. The van der Waals surface area contributed by atoms with E-state index in [4.69, 9.17) is 5.73 Å². The molecule has 1 aromatic carbocycles. The smallest absolute Gasteiger partial charge is 0.355 e. The molecule has 0 aliphatic carbocycles. The molecular formula is C20H27Cl2F4N5. The van der Waals surface area contributed by atoms with Crippen LogP contribution in [-0.4, -0.2) is 29.1 Å². The van der Waals surface area contributed by atoms with Crippen molar-refractivity contribution in [2.45, 2.75) is 51.2 Å². The van der Waals surface area contributed by atoms with Crippen LogP contribution in [0.5, 0.6) is 0 Å². The molecule has 1 saturated heterocycles. The van der Waals surface area contributed by atoms with Crippen molar-refractivity contribution in [2.75, 3.05) is 23.3 Å². The number of hydrogen-bond donors (Lipinski definition) is 2. The minimum Gasteiger partial charge on any atom is -0.355 e. The number of anilines is 3. The highest BCUT2D eigenvalue weighted by molar-refractivity contribution is 5.85. The van der Waals surface area contributed by atoms with Crippen molar-refractivity contribution < 1.29 is 17.6 Å². The molecule has 1 unspecified atom stereocenters. The number of halogens is 6. The second-order valence-electron chi connectivity index (χ2n) is 7.31. The molecule has 1 atom stereocenters. The predicted octanol–water partition coefficient (Wildman–Crippen LogP) is 5.49. The van der Waals surface area contributed by atoms with E-state index in [2.05, 4.69) is 27.1 Å². The summed E-state index contributed by atoms with van der Waals surface area (Å²) in [5.74, 6) is -0.432. The van der Waals surface area contributed by atoms with Gasteiger partial charge in [-0.25, -0.2) is 9.37 Å². The van der Waals surface area contributed by atoms with Crippen LogP contribution >= 0.6 is 24.8 Å². The zero-order valence-electron chi connectivity index (χ0n) is 17.1. The molecule has 0 radical (unpaired) electrons. The molecule has 3 rings (SSSR count). The minimum atomic E-state index is -4.78. The predicted molar refractivity (Wildman–Crippen MR) is 119 cm³/mol. The lowest BCUT2D eigenvalue weighted by molar-refractivity contribution is -0.139. The first-order chi connectivity index (χ1) is 13.8. The molecule has 1 aromatic heterocycles. The normalized spacial score (nSPS) is 16.3. The van der Waals surface area contributed by atoms with Crippen molar-refractivity contribution in [3.05, 3.63) is 41.3 Å². The van der Waals surface area contributed by atoms with Crippen LogP contribution in [0.3, 0.4) is 0 Å². The van der Waals surface area contributed by atoms with Crippen LogP contribution < -0.4 is 16.0 Å². The fourth-order valence-electron chi connectivity index (χ4n) is 3.35. The number of piperidine rings is 1. The summed E-state index contributed by atoms with van der Waals surface area (Å²) < 4.78 is 52.5. The molecular weight excluding hydrogens is 457 g/mol. The van der Waals surface area contributed by atoms with Crippen LogP contribution in [0.2, 0.25) is 0 Å². The monoisotopic (exact) mass is 483 g/mol. The van der Waals surface area contributed by atoms with Gasteiger partial charge in [0.15, 0.2) is 0 Å². The Labute approximate surface area is 191 Å². The van der Waals surface area contributed by atoms with Gasteiger partial charge in [-0.2, -0.15) is 18.2 Å². The van der Waals surface area contributed by atoms with Gasteiger partial charge in [0.1, 0.15) is 11.6 Å². The Morgan fingerprint density at radius 1 is 1.19 bits per heavy atom. The van der Waals surface area contributed by atoms with Crippen LogP contribution in [0.25, 0.3) is 0 Å². The van der Waals surface area contributed by atoms with Crippen molar-refractivity contribution >= 4 is 42.3 Å². The number of unbranched alkanes of at least 4 members (excludes halogenated alkanes) is 1. The standard InChI is InChI=1S/C20H25F4N5.2ClH/c1-2-3-6-14-11-18(29-9-4-5-13(25)12-29)28-19(26-14)27-15-7-8-17(21)16(10-15)20(22,23)24;;/h7-8,10-11,13H,2-6,9,12,25H2,1H3,(H,26,27,28);2*1H. The highest BCUT2D eigenvalue weighted by Gasteiger charge is 2.34. The lowest BCUT2D eigenvalue weighted by Gasteiger charge is -2.32. The summed E-state index contributed by atoms with van der Waals surface area (Å²) >= 11 is 0. The maximum Gasteiger partial charge on any atom is 0.419 e. The summed E-state index contributed by atoms with van der Waals surface area (Å²) in [6.45, 7) is 3.55. The molecule has 1 aliphatic heterocycles. The Bertz CT molecular complexity index is 851. The van der Waals surface area contributed by atoms with Gasteiger partial charge in [0.05, 0.1) is 5.56 Å². The van der Waals surface area contributed by atoms with Crippen molar-refractivity contribution in [1.82, 2.24) is 9.97 Å². The molecule has 0 amide bonds. The highest BCUT2D eigenvalue weighted by atomic mass is 35.5. The van der Waals surface area contributed by atoms with E-state index < -0.39 is 17.6 Å². The first-order valence-corrected chi connectivity index (χ1v) is 9.78. The minimum absolute atomic E-state index is 0. The lowest BCUT2D eigenvalue weighted by atomic mass is 10.1. The summed E-state index contributed by atoms with van der Waals surface area (Å²) in [4.78, 5) is 11.0. The Kier molecular flexibility index (Phi) is 10.3. The van der Waals surface area contributed by atoms with Crippen LogP contribution in [0.1, 0.15) is 43.9 Å². The Morgan fingerprint density at radius 3 is 2.58 bits per heavy atom. The molecule has 5 nitrogen and oxygen atoms in total. The fourth-order valence-corrected chi connectivity index (χ4v) is 3.35. The van der Waals surface area contributed by atoms with Crippen LogP contribution in [0, 0.1) is 5.82 Å². The van der Waals surface area contributed by atoms with E-state index >= 15 is 0 Å². The van der Waals surface area contributed by atoms with Gasteiger partial charge in [0, 0.05) is 36.6 Å². The molecule has 2 aromatic rings. The number of rotatable bonds is 6. The number of hydrogen-bond acceptors (Lipinski definition) is 5. The third-order valence-corrected chi connectivity index (χ3v) is 4.86. The highest BCUT2D eigenvalue weighted by Crippen LogP contribution is 2.33. The van der Waals surface area contributed by atoms with Crippen molar-refractivity contribution in [2.24, 2.45) is 5.73 Å². The summed E-state index contributed by atoms with van der Waals surface area (Å²) in [7, 11) is 0. The average molecular weight is 484 g/mol. The molecule has 174 valence electrons. The molecule has 3 N–H and O–H groups in total. The number of alkyl halides is 3. The number of aryl methyl sites for hydroxylation is 1. The van der Waals surface area contributed by atoms with Gasteiger partial charge in [0.25, 0.3) is 0 Å². The number of aromatic nitrogens is 2. The van der Waals surface area contributed by atoms with Crippen molar-refractivity contribution in [1.29, 1.82) is 0 Å². The molecule has 1 fully saturated rings. The maximum absolute atomic E-state index is 13.6. The van der Waals surface area contributed by atoms with Gasteiger partial charge in [-0.05, 0) is 43.9 Å². The summed E-state index contributed by atoms with van der Waals surface area (Å²) in [5.41, 5.74) is 5.62. The largest absolute Gasteiger partial charge is 0.419 e. The van der Waals surface area contributed by atoms with Gasteiger partial charge < -0.3 is 16.0 Å². The second kappa shape index (κ2) is 11.7. The van der Waals surface area contributed by atoms with E-state index in [1.807, 2.05) is 6.07 Å². The third kappa shape index (κ3) is 7.36. The van der Waals surface area contributed by atoms with Gasteiger partial charge in [-0.1, -0.05) is 13.3 Å².